The predicted molar refractivity (Wildman–Crippen MR) is 107 cm³/mol. The van der Waals surface area contributed by atoms with Gasteiger partial charge in [-0.05, 0) is 68.0 Å². The van der Waals surface area contributed by atoms with E-state index in [1.54, 1.807) is 12.1 Å². The third-order valence-corrected chi connectivity index (χ3v) is 5.66. The summed E-state index contributed by atoms with van der Waals surface area (Å²) in [5.74, 6) is -0.170. The van der Waals surface area contributed by atoms with E-state index in [1.807, 2.05) is 6.07 Å². The van der Waals surface area contributed by atoms with Crippen molar-refractivity contribution in [1.29, 1.82) is 0 Å². The van der Waals surface area contributed by atoms with E-state index >= 15 is 0 Å². The molecule has 0 spiro atoms. The lowest BCUT2D eigenvalue weighted by Crippen LogP contribution is -2.49. The van der Waals surface area contributed by atoms with E-state index < -0.39 is 5.41 Å². The van der Waals surface area contributed by atoms with Crippen LogP contribution in [0.3, 0.4) is 0 Å². The first-order valence-electron chi connectivity index (χ1n) is 9.93. The van der Waals surface area contributed by atoms with E-state index in [9.17, 15) is 9.18 Å². The van der Waals surface area contributed by atoms with Crippen LogP contribution in [0.15, 0.2) is 48.5 Å². The second-order valence-electron chi connectivity index (χ2n) is 7.47. The number of halogens is 1. The Bertz CT molecular complexity index is 751. The van der Waals surface area contributed by atoms with Gasteiger partial charge in [-0.25, -0.2) is 4.39 Å². The Hall–Kier alpha value is -2.20. The molecule has 1 aliphatic heterocycles. The number of nitrogens with one attached hydrogen (secondary N) is 2. The summed E-state index contributed by atoms with van der Waals surface area (Å²) in [6, 6.07) is 15.3. The maximum absolute atomic E-state index is 14.2. The van der Waals surface area contributed by atoms with Crippen LogP contribution in [-0.2, 0) is 24.1 Å². The van der Waals surface area contributed by atoms with Crippen molar-refractivity contribution in [2.45, 2.75) is 39.0 Å². The summed E-state index contributed by atoms with van der Waals surface area (Å²) in [4.78, 5) is 13.1. The van der Waals surface area contributed by atoms with Gasteiger partial charge in [-0.2, -0.15) is 0 Å². The zero-order valence-electron chi connectivity index (χ0n) is 16.1. The lowest BCUT2D eigenvalue weighted by molar-refractivity contribution is -0.132. The summed E-state index contributed by atoms with van der Waals surface area (Å²) in [7, 11) is 0. The van der Waals surface area contributed by atoms with Gasteiger partial charge in [-0.3, -0.25) is 4.79 Å². The van der Waals surface area contributed by atoms with Crippen LogP contribution in [0, 0.1) is 11.2 Å². The summed E-state index contributed by atoms with van der Waals surface area (Å²) in [5, 5.41) is 6.43. The van der Waals surface area contributed by atoms with Crippen LogP contribution in [0.1, 0.15) is 36.5 Å². The average Bonchev–Trinajstić information content (AvgIpc) is 2.71. The number of piperidine rings is 1. The number of hydrogen-bond donors (Lipinski definition) is 2. The number of hydrogen-bond acceptors (Lipinski definition) is 2. The number of carbonyl (C=O) groups is 1. The van der Waals surface area contributed by atoms with E-state index in [2.05, 4.69) is 41.8 Å². The minimum absolute atomic E-state index is 0.0532. The van der Waals surface area contributed by atoms with Crippen molar-refractivity contribution in [2.75, 3.05) is 19.6 Å². The lowest BCUT2D eigenvalue weighted by atomic mass is 9.73. The molecular weight excluding hydrogens is 339 g/mol. The van der Waals surface area contributed by atoms with Gasteiger partial charge in [-0.15, -0.1) is 0 Å². The molecule has 144 valence electrons. The Balaban J connectivity index is 1.63. The molecule has 0 unspecified atom stereocenters. The van der Waals surface area contributed by atoms with Crippen LogP contribution in [-0.4, -0.2) is 25.5 Å². The first-order valence-corrected chi connectivity index (χ1v) is 9.93. The third-order valence-electron chi connectivity index (χ3n) is 5.66. The molecule has 2 aromatic rings. The summed E-state index contributed by atoms with van der Waals surface area (Å²) in [5.41, 5.74) is 2.64. The van der Waals surface area contributed by atoms with E-state index in [4.69, 9.17) is 0 Å². The molecule has 0 atom stereocenters. The second kappa shape index (κ2) is 9.14. The fourth-order valence-corrected chi connectivity index (χ4v) is 3.85. The van der Waals surface area contributed by atoms with Crippen LogP contribution < -0.4 is 10.6 Å². The van der Waals surface area contributed by atoms with Gasteiger partial charge in [0.05, 0.1) is 5.41 Å². The fourth-order valence-electron chi connectivity index (χ4n) is 3.85. The van der Waals surface area contributed by atoms with Gasteiger partial charge >= 0.3 is 0 Å². The first kappa shape index (κ1) is 19.6. The molecule has 3 nitrogen and oxygen atoms in total. The smallest absolute Gasteiger partial charge is 0.226 e. The highest BCUT2D eigenvalue weighted by atomic mass is 19.1. The van der Waals surface area contributed by atoms with Crippen molar-refractivity contribution in [3.63, 3.8) is 0 Å². The van der Waals surface area contributed by atoms with E-state index in [0.717, 1.165) is 38.8 Å². The highest BCUT2D eigenvalue weighted by Crippen LogP contribution is 2.34. The molecule has 27 heavy (non-hydrogen) atoms. The standard InChI is InChI=1S/C23H29FN2O/c1-2-18-7-9-19(10-8-18)11-14-26-22(27)23(12-15-25-16-13-23)17-20-5-3-4-6-21(20)24/h3-10,25H,2,11-17H2,1H3,(H,26,27). The molecule has 0 bridgehead atoms. The normalized spacial score (nSPS) is 16.1. The van der Waals surface area contributed by atoms with Crippen molar-refractivity contribution in [2.24, 2.45) is 5.41 Å². The number of benzene rings is 2. The van der Waals surface area contributed by atoms with Crippen LogP contribution in [0.2, 0.25) is 0 Å². The molecule has 1 amide bonds. The topological polar surface area (TPSA) is 41.1 Å². The maximum Gasteiger partial charge on any atom is 0.226 e. The zero-order chi connectivity index (χ0) is 19.1. The minimum Gasteiger partial charge on any atom is -0.355 e. The Kier molecular flexibility index (Phi) is 6.62. The Morgan fingerprint density at radius 2 is 1.74 bits per heavy atom. The molecule has 0 saturated carbocycles. The average molecular weight is 368 g/mol. The molecule has 4 heteroatoms. The van der Waals surface area contributed by atoms with Crippen molar-refractivity contribution in [1.82, 2.24) is 10.6 Å². The molecule has 0 aromatic heterocycles. The van der Waals surface area contributed by atoms with Gasteiger partial charge in [0, 0.05) is 6.54 Å². The number of carbonyl (C=O) groups excluding carboxylic acids is 1. The number of aryl methyl sites for hydroxylation is 1. The van der Waals surface area contributed by atoms with Crippen LogP contribution in [0.5, 0.6) is 0 Å². The Morgan fingerprint density at radius 1 is 1.07 bits per heavy atom. The molecule has 1 heterocycles. The van der Waals surface area contributed by atoms with Gasteiger partial charge in [-0.1, -0.05) is 49.4 Å². The molecule has 1 saturated heterocycles. The molecular formula is C23H29FN2O. The molecule has 0 radical (unpaired) electrons. The molecule has 0 aliphatic carbocycles. The molecule has 2 N–H and O–H groups in total. The summed E-state index contributed by atoms with van der Waals surface area (Å²) < 4.78 is 14.2. The van der Waals surface area contributed by atoms with Crippen LogP contribution in [0.25, 0.3) is 0 Å². The summed E-state index contributed by atoms with van der Waals surface area (Å²) in [6.07, 6.45) is 3.77. The summed E-state index contributed by atoms with van der Waals surface area (Å²) >= 11 is 0. The van der Waals surface area contributed by atoms with Crippen molar-refractivity contribution in [3.8, 4) is 0 Å². The van der Waals surface area contributed by atoms with Gasteiger partial charge in [0.15, 0.2) is 0 Å². The van der Waals surface area contributed by atoms with E-state index in [1.165, 1.54) is 17.2 Å². The fraction of sp³-hybridized carbons (Fsp3) is 0.435. The van der Waals surface area contributed by atoms with Crippen molar-refractivity contribution < 1.29 is 9.18 Å². The Labute approximate surface area is 161 Å². The zero-order valence-corrected chi connectivity index (χ0v) is 16.1. The highest BCUT2D eigenvalue weighted by Gasteiger charge is 2.39. The van der Waals surface area contributed by atoms with Crippen molar-refractivity contribution in [3.05, 3.63) is 71.0 Å². The Morgan fingerprint density at radius 3 is 2.41 bits per heavy atom. The van der Waals surface area contributed by atoms with Crippen LogP contribution >= 0.6 is 0 Å². The monoisotopic (exact) mass is 368 g/mol. The van der Waals surface area contributed by atoms with E-state index in [-0.39, 0.29) is 11.7 Å². The van der Waals surface area contributed by atoms with Crippen molar-refractivity contribution >= 4 is 5.91 Å². The number of rotatable bonds is 7. The predicted octanol–water partition coefficient (Wildman–Crippen LogP) is 3.66. The van der Waals surface area contributed by atoms with Crippen LogP contribution in [0.4, 0.5) is 4.39 Å². The van der Waals surface area contributed by atoms with Gasteiger partial charge in [0.2, 0.25) is 5.91 Å². The molecule has 3 rings (SSSR count). The van der Waals surface area contributed by atoms with Gasteiger partial charge in [0.25, 0.3) is 0 Å². The molecule has 1 aliphatic rings. The maximum atomic E-state index is 14.2. The molecule has 1 fully saturated rings. The quantitative estimate of drug-likeness (QED) is 0.783. The highest BCUT2D eigenvalue weighted by molar-refractivity contribution is 5.83. The first-order chi connectivity index (χ1) is 13.1. The lowest BCUT2D eigenvalue weighted by Gasteiger charge is -2.36. The van der Waals surface area contributed by atoms with Gasteiger partial charge in [0.1, 0.15) is 5.82 Å². The SMILES string of the molecule is CCc1ccc(CCNC(=O)C2(Cc3ccccc3F)CCNCC2)cc1. The number of amides is 1. The largest absolute Gasteiger partial charge is 0.355 e. The summed E-state index contributed by atoms with van der Waals surface area (Å²) in [6.45, 7) is 4.33. The van der Waals surface area contributed by atoms with Gasteiger partial charge < -0.3 is 10.6 Å². The second-order valence-corrected chi connectivity index (χ2v) is 7.47. The molecule has 2 aromatic carbocycles. The third kappa shape index (κ3) is 4.95. The minimum atomic E-state index is -0.528. The van der Waals surface area contributed by atoms with E-state index in [0.29, 0.717) is 18.5 Å².